The Morgan fingerprint density at radius 2 is 1.36 bits per heavy atom. The molecular weight excluding hydrogens is 235 g/mol. The number of unbranched alkanes of at least 4 members (excludes halogenated alkanes) is 1. The Kier molecular flexibility index (Phi) is 38.0. The van der Waals surface area contributed by atoms with Gasteiger partial charge in [0.2, 0.25) is 0 Å². The van der Waals surface area contributed by atoms with Gasteiger partial charge in [-0.05, 0) is 20.3 Å². The molecule has 87 valence electrons. The van der Waals surface area contributed by atoms with Crippen LogP contribution in [0.25, 0.3) is 0 Å². The molecule has 0 aliphatic rings. The zero-order valence-electron chi connectivity index (χ0n) is 8.53. The van der Waals surface area contributed by atoms with Crippen molar-refractivity contribution in [1.82, 2.24) is 0 Å². The first-order chi connectivity index (χ1) is 5.88. The van der Waals surface area contributed by atoms with Crippen molar-refractivity contribution in [3.63, 3.8) is 0 Å². The van der Waals surface area contributed by atoms with Crippen LogP contribution in [0.4, 0.5) is 0 Å². The first kappa shape index (κ1) is 23.3. The molecule has 0 unspecified atom stereocenters. The maximum atomic E-state index is 8.89. The normalized spacial score (nSPS) is 6.57. The Bertz CT molecular complexity index is 105. The molecule has 0 aliphatic carbocycles. The second-order valence-corrected chi connectivity index (χ2v) is 2.06. The number of aliphatic carboxylic acids is 2. The Morgan fingerprint density at radius 1 is 1.14 bits per heavy atom. The van der Waals surface area contributed by atoms with Crippen molar-refractivity contribution in [2.24, 2.45) is 0 Å². The van der Waals surface area contributed by atoms with Crippen LogP contribution in [0.2, 0.25) is 0 Å². The van der Waals surface area contributed by atoms with Crippen LogP contribution < -0.4 is 10.2 Å². The van der Waals surface area contributed by atoms with Crippen LogP contribution in [0.3, 0.4) is 0 Å². The molecule has 0 saturated carbocycles. The molecule has 0 fully saturated rings. The number of carboxylic acid groups (broad SMARTS) is 2. The van der Waals surface area contributed by atoms with Crippen LogP contribution in [-0.4, -0.2) is 23.7 Å². The second kappa shape index (κ2) is 22.8. The molecule has 0 saturated heterocycles. The summed E-state index contributed by atoms with van der Waals surface area (Å²) in [5, 5.41) is 25.8. The summed E-state index contributed by atoms with van der Waals surface area (Å²) in [5.74, 6) is -2.17. The van der Waals surface area contributed by atoms with E-state index in [9.17, 15) is 0 Å². The van der Waals surface area contributed by atoms with Gasteiger partial charge in [0.25, 0.3) is 0 Å². The monoisotopic (exact) mass is 251 g/mol. The zero-order valence-corrected chi connectivity index (χ0v) is 9.58. The molecule has 0 bridgehead atoms. The van der Waals surface area contributed by atoms with E-state index >= 15 is 0 Å². The van der Waals surface area contributed by atoms with E-state index in [4.69, 9.17) is 24.9 Å². The predicted molar refractivity (Wildman–Crippen MR) is 43.4 cm³/mol. The number of aliphatic hydroxyl groups is 1. The van der Waals surface area contributed by atoms with Gasteiger partial charge in [-0.2, -0.15) is 0 Å². The molecule has 0 heterocycles. The van der Waals surface area contributed by atoms with E-state index in [0.29, 0.717) is 6.61 Å². The third-order valence-electron chi connectivity index (χ3n) is 0.512. The maximum absolute atomic E-state index is 8.89. The van der Waals surface area contributed by atoms with Gasteiger partial charge >= 0.3 is 16.8 Å². The Hall–Kier alpha value is -0.594. The van der Waals surface area contributed by atoms with Crippen LogP contribution in [0.1, 0.15) is 33.6 Å². The van der Waals surface area contributed by atoms with E-state index in [-0.39, 0.29) is 16.8 Å². The molecule has 0 amide bonds. The number of carbonyl (C=O) groups excluding carboxylic acids is 2. The summed E-state index contributed by atoms with van der Waals surface area (Å²) in [6, 6.07) is 0. The van der Waals surface area contributed by atoms with Gasteiger partial charge < -0.3 is 24.9 Å². The summed E-state index contributed by atoms with van der Waals surface area (Å²) in [6.45, 7) is 4.34. The molecule has 0 aliphatic heterocycles. The average molecular weight is 251 g/mol. The number of rotatable bonds is 2. The third-order valence-corrected chi connectivity index (χ3v) is 0.512. The molecular formula is C8H16CoO5. The van der Waals surface area contributed by atoms with Crippen LogP contribution in [0, 0.1) is 0 Å². The van der Waals surface area contributed by atoms with Gasteiger partial charge in [-0.1, -0.05) is 13.3 Å². The van der Waals surface area contributed by atoms with Crippen molar-refractivity contribution in [2.75, 3.05) is 6.61 Å². The molecule has 1 radical (unpaired) electrons. The molecule has 14 heavy (non-hydrogen) atoms. The van der Waals surface area contributed by atoms with Gasteiger partial charge in [0.1, 0.15) is 0 Å². The van der Waals surface area contributed by atoms with E-state index in [1.54, 1.807) is 0 Å². The van der Waals surface area contributed by atoms with E-state index in [2.05, 4.69) is 6.92 Å². The number of carbonyl (C=O) groups is 2. The van der Waals surface area contributed by atoms with Gasteiger partial charge in [0.15, 0.2) is 0 Å². The largest absolute Gasteiger partial charge is 2.00 e. The summed E-state index contributed by atoms with van der Waals surface area (Å²) >= 11 is 0. The first-order valence-corrected chi connectivity index (χ1v) is 3.84. The molecule has 0 aromatic carbocycles. The number of hydrogen-bond donors (Lipinski definition) is 1. The number of hydrogen-bond acceptors (Lipinski definition) is 5. The van der Waals surface area contributed by atoms with Crippen LogP contribution in [0.5, 0.6) is 0 Å². The smallest absolute Gasteiger partial charge is 0.550 e. The van der Waals surface area contributed by atoms with Crippen molar-refractivity contribution in [2.45, 2.75) is 33.6 Å². The summed E-state index contributed by atoms with van der Waals surface area (Å²) in [6.07, 6.45) is 2.04. The molecule has 0 aromatic rings. The molecule has 5 nitrogen and oxygen atoms in total. The molecule has 0 rings (SSSR count). The van der Waals surface area contributed by atoms with E-state index in [1.165, 1.54) is 0 Å². The quantitative estimate of drug-likeness (QED) is 0.629. The predicted octanol–water partition coefficient (Wildman–Crippen LogP) is -1.71. The Labute approximate surface area is 94.3 Å². The van der Waals surface area contributed by atoms with Gasteiger partial charge in [-0.15, -0.1) is 0 Å². The Morgan fingerprint density at radius 3 is 1.36 bits per heavy atom. The SMILES string of the molecule is CC(=O)[O-].CC(=O)[O-].CCCCO.[Co+2]. The molecule has 1 N–H and O–H groups in total. The van der Waals surface area contributed by atoms with Gasteiger partial charge in [0, 0.05) is 18.5 Å². The van der Waals surface area contributed by atoms with E-state index < -0.39 is 11.9 Å². The minimum Gasteiger partial charge on any atom is -0.550 e. The summed E-state index contributed by atoms with van der Waals surface area (Å²) in [5.41, 5.74) is 0. The van der Waals surface area contributed by atoms with E-state index in [1.807, 2.05) is 0 Å². The van der Waals surface area contributed by atoms with Crippen molar-refractivity contribution in [3.8, 4) is 0 Å². The van der Waals surface area contributed by atoms with E-state index in [0.717, 1.165) is 26.7 Å². The minimum atomic E-state index is -1.08. The van der Waals surface area contributed by atoms with Crippen LogP contribution in [0.15, 0.2) is 0 Å². The fourth-order valence-corrected chi connectivity index (χ4v) is 0.158. The maximum Gasteiger partial charge on any atom is 2.00 e. The van der Waals surface area contributed by atoms with Gasteiger partial charge in [0.05, 0.1) is 0 Å². The number of aliphatic hydroxyl groups excluding tert-OH is 1. The summed E-state index contributed by atoms with van der Waals surface area (Å²) in [7, 11) is 0. The van der Waals surface area contributed by atoms with Crippen LogP contribution >= 0.6 is 0 Å². The summed E-state index contributed by atoms with van der Waals surface area (Å²) in [4.78, 5) is 17.8. The van der Waals surface area contributed by atoms with Gasteiger partial charge in [-0.3, -0.25) is 0 Å². The average Bonchev–Trinajstić information content (AvgIpc) is 1.86. The third kappa shape index (κ3) is 624. The molecule has 6 heteroatoms. The molecule has 0 aromatic heterocycles. The van der Waals surface area contributed by atoms with Crippen molar-refractivity contribution in [1.29, 1.82) is 0 Å². The fourth-order valence-electron chi connectivity index (χ4n) is 0.158. The second-order valence-electron chi connectivity index (χ2n) is 2.06. The summed E-state index contributed by atoms with van der Waals surface area (Å²) < 4.78 is 0. The fraction of sp³-hybridized carbons (Fsp3) is 0.750. The molecule has 0 atom stereocenters. The van der Waals surface area contributed by atoms with Crippen molar-refractivity contribution >= 4 is 11.9 Å². The molecule has 0 spiro atoms. The minimum absolute atomic E-state index is 0. The first-order valence-electron chi connectivity index (χ1n) is 3.84. The van der Waals surface area contributed by atoms with Crippen molar-refractivity contribution in [3.05, 3.63) is 0 Å². The van der Waals surface area contributed by atoms with Crippen LogP contribution in [-0.2, 0) is 26.4 Å². The topological polar surface area (TPSA) is 100 Å². The van der Waals surface area contributed by atoms with Gasteiger partial charge in [-0.25, -0.2) is 0 Å². The Balaban J connectivity index is -0.0000000522. The zero-order chi connectivity index (χ0) is 11.3. The van der Waals surface area contributed by atoms with Crippen molar-refractivity contribution < 1.29 is 41.7 Å². The number of carboxylic acids is 2. The standard InChI is InChI=1S/C4H10O.2C2H4O2.Co/c1-2-3-4-5;2*1-2(3)4;/h5H,2-4H2,1H3;2*1H3,(H,3,4);/q;;;+2/p-2.